The Hall–Kier alpha value is -0.860. The van der Waals surface area contributed by atoms with Gasteiger partial charge < -0.3 is 5.32 Å². The molecule has 2 aliphatic rings. The highest BCUT2D eigenvalue weighted by Crippen LogP contribution is 2.40. The fourth-order valence-corrected chi connectivity index (χ4v) is 4.18. The van der Waals surface area contributed by atoms with E-state index in [-0.39, 0.29) is 0 Å². The Bertz CT molecular complexity index is 454. The van der Waals surface area contributed by atoms with Crippen LogP contribution in [-0.2, 0) is 6.42 Å². The van der Waals surface area contributed by atoms with E-state index in [1.807, 2.05) is 0 Å². The third-order valence-corrected chi connectivity index (χ3v) is 5.44. The molecule has 1 saturated heterocycles. The molecule has 1 heterocycles. The number of nitrogens with zero attached hydrogens (tertiary/aromatic N) is 1. The summed E-state index contributed by atoms with van der Waals surface area (Å²) in [5.41, 5.74) is 2.00. The highest BCUT2D eigenvalue weighted by Gasteiger charge is 2.38. The van der Waals surface area contributed by atoms with Crippen LogP contribution in [0.5, 0.6) is 0 Å². The molecular weight excluding hydrogens is 256 g/mol. The summed E-state index contributed by atoms with van der Waals surface area (Å²) in [6, 6.07) is 13.0. The van der Waals surface area contributed by atoms with Gasteiger partial charge in [-0.25, -0.2) is 0 Å². The molecule has 0 amide bonds. The van der Waals surface area contributed by atoms with E-state index >= 15 is 0 Å². The summed E-state index contributed by atoms with van der Waals surface area (Å²) in [4.78, 5) is 2.79. The zero-order valence-corrected chi connectivity index (χ0v) is 13.8. The number of rotatable bonds is 3. The third kappa shape index (κ3) is 3.67. The van der Waals surface area contributed by atoms with Crippen molar-refractivity contribution in [3.8, 4) is 0 Å². The molecule has 1 aliphatic carbocycles. The molecule has 1 aliphatic heterocycles. The van der Waals surface area contributed by atoms with Gasteiger partial charge in [0.2, 0.25) is 0 Å². The topological polar surface area (TPSA) is 15.3 Å². The van der Waals surface area contributed by atoms with Crippen molar-refractivity contribution in [3.63, 3.8) is 0 Å². The van der Waals surface area contributed by atoms with Crippen molar-refractivity contribution < 1.29 is 0 Å². The summed E-state index contributed by atoms with van der Waals surface area (Å²) in [6.45, 7) is 9.59. The van der Waals surface area contributed by atoms with E-state index in [4.69, 9.17) is 0 Å². The molecule has 1 aromatic rings. The summed E-state index contributed by atoms with van der Waals surface area (Å²) in [5.74, 6) is 0. The van der Waals surface area contributed by atoms with Crippen LogP contribution in [0.2, 0.25) is 0 Å². The smallest absolute Gasteiger partial charge is 0.0236 e. The minimum absolute atomic E-state index is 0.546. The Morgan fingerprint density at radius 1 is 1.24 bits per heavy atom. The largest absolute Gasteiger partial charge is 0.311 e. The summed E-state index contributed by atoms with van der Waals surface area (Å²) < 4.78 is 0. The second kappa shape index (κ2) is 6.10. The van der Waals surface area contributed by atoms with E-state index in [2.05, 4.69) is 61.3 Å². The lowest BCUT2D eigenvalue weighted by atomic mass is 9.91. The second-order valence-electron chi connectivity index (χ2n) is 7.90. The Balaban J connectivity index is 1.62. The molecule has 3 rings (SSSR count). The van der Waals surface area contributed by atoms with Crippen molar-refractivity contribution in [1.29, 1.82) is 0 Å². The summed E-state index contributed by atoms with van der Waals surface area (Å²) in [5, 5.41) is 3.75. The van der Waals surface area contributed by atoms with E-state index in [0.29, 0.717) is 17.5 Å². The van der Waals surface area contributed by atoms with Gasteiger partial charge in [0, 0.05) is 31.2 Å². The molecular formula is C19H30N2. The molecule has 2 nitrogen and oxygen atoms in total. The molecule has 3 unspecified atom stereocenters. The number of hydrogen-bond acceptors (Lipinski definition) is 2. The van der Waals surface area contributed by atoms with E-state index in [0.717, 1.165) is 19.0 Å². The molecule has 1 saturated carbocycles. The molecule has 1 N–H and O–H groups in total. The Kier molecular flexibility index (Phi) is 4.37. The van der Waals surface area contributed by atoms with Crippen LogP contribution in [0.4, 0.5) is 0 Å². The predicted molar refractivity (Wildman–Crippen MR) is 89.5 cm³/mol. The number of benzene rings is 1. The minimum Gasteiger partial charge on any atom is -0.311 e. The van der Waals surface area contributed by atoms with E-state index in [9.17, 15) is 0 Å². The van der Waals surface area contributed by atoms with Gasteiger partial charge in [0.05, 0.1) is 0 Å². The molecule has 0 radical (unpaired) electrons. The first-order valence-corrected chi connectivity index (χ1v) is 8.56. The van der Waals surface area contributed by atoms with E-state index in [1.54, 1.807) is 0 Å². The van der Waals surface area contributed by atoms with Gasteiger partial charge in [-0.1, -0.05) is 44.2 Å². The third-order valence-electron chi connectivity index (χ3n) is 5.44. The molecule has 2 heteroatoms. The normalized spacial score (nSPS) is 33.2. The van der Waals surface area contributed by atoms with Gasteiger partial charge in [0.15, 0.2) is 0 Å². The van der Waals surface area contributed by atoms with Gasteiger partial charge >= 0.3 is 0 Å². The predicted octanol–water partition coefficient (Wildman–Crippen LogP) is 3.47. The SMILES string of the molecule is CC1CNC(Cc2ccccc2)CN1C1CCC(C)(C)C1. The second-order valence-corrected chi connectivity index (χ2v) is 7.90. The van der Waals surface area contributed by atoms with Gasteiger partial charge in [-0.15, -0.1) is 0 Å². The molecule has 0 bridgehead atoms. The lowest BCUT2D eigenvalue weighted by molar-refractivity contribution is 0.0877. The highest BCUT2D eigenvalue weighted by atomic mass is 15.3. The number of piperazine rings is 1. The average molecular weight is 286 g/mol. The van der Waals surface area contributed by atoms with Gasteiger partial charge in [-0.2, -0.15) is 0 Å². The lowest BCUT2D eigenvalue weighted by Gasteiger charge is -2.43. The van der Waals surface area contributed by atoms with E-state index < -0.39 is 0 Å². The average Bonchev–Trinajstić information content (AvgIpc) is 2.82. The molecule has 0 aromatic heterocycles. The first-order chi connectivity index (χ1) is 10.0. The monoisotopic (exact) mass is 286 g/mol. The lowest BCUT2D eigenvalue weighted by Crippen LogP contribution is -2.58. The zero-order chi connectivity index (χ0) is 14.9. The van der Waals surface area contributed by atoms with Gasteiger partial charge in [-0.05, 0) is 43.6 Å². The maximum Gasteiger partial charge on any atom is 0.0236 e. The summed E-state index contributed by atoms with van der Waals surface area (Å²) in [7, 11) is 0. The van der Waals surface area contributed by atoms with Gasteiger partial charge in [-0.3, -0.25) is 4.90 Å². The number of nitrogens with one attached hydrogen (secondary N) is 1. The standard InChI is InChI=1S/C19H30N2/c1-15-13-20-17(11-16-7-5-4-6-8-16)14-21(15)18-9-10-19(2,3)12-18/h4-8,15,17-18,20H,9-14H2,1-3H3. The van der Waals surface area contributed by atoms with Crippen LogP contribution >= 0.6 is 0 Å². The molecule has 3 atom stereocenters. The molecule has 21 heavy (non-hydrogen) atoms. The van der Waals surface area contributed by atoms with Crippen molar-refractivity contribution in [2.45, 2.75) is 64.6 Å². The maximum absolute atomic E-state index is 3.75. The van der Waals surface area contributed by atoms with Crippen LogP contribution in [0.3, 0.4) is 0 Å². The first-order valence-electron chi connectivity index (χ1n) is 8.56. The van der Waals surface area contributed by atoms with Crippen molar-refractivity contribution in [1.82, 2.24) is 10.2 Å². The molecule has 0 spiro atoms. The first kappa shape index (κ1) is 15.1. The van der Waals surface area contributed by atoms with Crippen molar-refractivity contribution >= 4 is 0 Å². The minimum atomic E-state index is 0.546. The van der Waals surface area contributed by atoms with Crippen molar-refractivity contribution in [3.05, 3.63) is 35.9 Å². The Labute approximate surface area is 129 Å². The van der Waals surface area contributed by atoms with Crippen LogP contribution < -0.4 is 5.32 Å². The van der Waals surface area contributed by atoms with Crippen molar-refractivity contribution in [2.24, 2.45) is 5.41 Å². The van der Waals surface area contributed by atoms with Crippen molar-refractivity contribution in [2.75, 3.05) is 13.1 Å². The van der Waals surface area contributed by atoms with Crippen LogP contribution in [-0.4, -0.2) is 36.1 Å². The van der Waals surface area contributed by atoms with Crippen LogP contribution in [0.15, 0.2) is 30.3 Å². The van der Waals surface area contributed by atoms with E-state index in [1.165, 1.54) is 31.4 Å². The van der Waals surface area contributed by atoms with Crippen LogP contribution in [0, 0.1) is 5.41 Å². The summed E-state index contributed by atoms with van der Waals surface area (Å²) >= 11 is 0. The molecule has 1 aromatic carbocycles. The maximum atomic E-state index is 3.75. The Morgan fingerprint density at radius 2 is 2.00 bits per heavy atom. The molecule has 2 fully saturated rings. The number of hydrogen-bond donors (Lipinski definition) is 1. The summed E-state index contributed by atoms with van der Waals surface area (Å²) in [6.07, 6.45) is 5.29. The fourth-order valence-electron chi connectivity index (χ4n) is 4.18. The Morgan fingerprint density at radius 3 is 2.67 bits per heavy atom. The quantitative estimate of drug-likeness (QED) is 0.915. The van der Waals surface area contributed by atoms with Crippen LogP contribution in [0.1, 0.15) is 45.6 Å². The molecule has 116 valence electrons. The van der Waals surface area contributed by atoms with Crippen LogP contribution in [0.25, 0.3) is 0 Å². The van der Waals surface area contributed by atoms with Gasteiger partial charge in [0.1, 0.15) is 0 Å². The fraction of sp³-hybridized carbons (Fsp3) is 0.684. The highest BCUT2D eigenvalue weighted by molar-refractivity contribution is 5.16. The van der Waals surface area contributed by atoms with Gasteiger partial charge in [0.25, 0.3) is 0 Å². The zero-order valence-electron chi connectivity index (χ0n) is 13.8.